The molecule has 0 radical (unpaired) electrons. The molecule has 1 N–H and O–H groups in total. The van der Waals surface area contributed by atoms with Gasteiger partial charge in [0.15, 0.2) is 0 Å². The highest BCUT2D eigenvalue weighted by atomic mass is 16.5. The van der Waals surface area contributed by atoms with Gasteiger partial charge in [-0.05, 0) is 31.2 Å². The van der Waals surface area contributed by atoms with Crippen molar-refractivity contribution in [3.05, 3.63) is 53.9 Å². The lowest BCUT2D eigenvalue weighted by Crippen LogP contribution is -2.05. The van der Waals surface area contributed by atoms with Gasteiger partial charge in [-0.2, -0.15) is 9.97 Å². The van der Waals surface area contributed by atoms with Crippen molar-refractivity contribution < 1.29 is 28.8 Å². The molecule has 0 atom stereocenters. The van der Waals surface area contributed by atoms with Crippen molar-refractivity contribution in [1.29, 1.82) is 0 Å². The summed E-state index contributed by atoms with van der Waals surface area (Å²) in [6, 6.07) is 9.37. The number of pyridine rings is 1. The molecule has 0 fully saturated rings. The summed E-state index contributed by atoms with van der Waals surface area (Å²) in [5.41, 5.74) is 0.625. The number of carboxylic acids is 1. The minimum atomic E-state index is -1.24. The average molecular weight is 383 g/mol. The molecule has 0 saturated carbocycles. The lowest BCUT2D eigenvalue weighted by Gasteiger charge is -2.13. The first kappa shape index (κ1) is 18.9. The molecule has 3 aromatic rings. The summed E-state index contributed by atoms with van der Waals surface area (Å²) >= 11 is 0. The van der Waals surface area contributed by atoms with Crippen LogP contribution in [0.4, 0.5) is 0 Å². The molecular weight excluding hydrogens is 366 g/mol. The third-order valence-electron chi connectivity index (χ3n) is 3.59. The SMILES string of the molecule is COc1cc(OC)nc(Oc2cccc(Oc3ccc(C)nc3)c2C(=O)O)n1. The van der Waals surface area contributed by atoms with Gasteiger partial charge in [0.1, 0.15) is 22.8 Å². The molecule has 0 bridgehead atoms. The van der Waals surface area contributed by atoms with E-state index in [1.54, 1.807) is 18.2 Å². The van der Waals surface area contributed by atoms with Gasteiger partial charge >= 0.3 is 12.0 Å². The number of ether oxygens (including phenoxy) is 4. The lowest BCUT2D eigenvalue weighted by atomic mass is 10.2. The van der Waals surface area contributed by atoms with E-state index in [1.165, 1.54) is 38.6 Å². The van der Waals surface area contributed by atoms with Crippen LogP contribution in [0.25, 0.3) is 0 Å². The van der Waals surface area contributed by atoms with Crippen molar-refractivity contribution in [3.8, 4) is 35.0 Å². The van der Waals surface area contributed by atoms with E-state index in [-0.39, 0.29) is 34.8 Å². The molecule has 2 heterocycles. The van der Waals surface area contributed by atoms with Crippen LogP contribution >= 0.6 is 0 Å². The van der Waals surface area contributed by atoms with Gasteiger partial charge < -0.3 is 24.1 Å². The monoisotopic (exact) mass is 383 g/mol. The number of aromatic carboxylic acids is 1. The number of nitrogens with zero attached hydrogens (tertiary/aromatic N) is 3. The number of hydrogen-bond donors (Lipinski definition) is 1. The van der Waals surface area contributed by atoms with E-state index in [0.29, 0.717) is 5.75 Å². The van der Waals surface area contributed by atoms with Crippen LogP contribution in [0.5, 0.6) is 35.0 Å². The number of hydrogen-bond acceptors (Lipinski definition) is 8. The normalized spacial score (nSPS) is 10.2. The second-order valence-electron chi connectivity index (χ2n) is 5.51. The van der Waals surface area contributed by atoms with Gasteiger partial charge in [-0.25, -0.2) is 4.79 Å². The number of benzene rings is 1. The first-order chi connectivity index (χ1) is 13.5. The van der Waals surface area contributed by atoms with Gasteiger partial charge in [0, 0.05) is 5.69 Å². The van der Waals surface area contributed by atoms with Crippen LogP contribution in [0.1, 0.15) is 16.1 Å². The number of carboxylic acid groups (broad SMARTS) is 1. The summed E-state index contributed by atoms with van der Waals surface area (Å²) < 4.78 is 21.4. The standard InChI is InChI=1S/C19H17N3O6/c1-11-7-8-12(10-20-11)27-13-5-4-6-14(17(13)18(23)24)28-19-21-15(25-2)9-16(22-19)26-3/h4-10H,1-3H3,(H,23,24). The van der Waals surface area contributed by atoms with Crippen LogP contribution in [0.2, 0.25) is 0 Å². The van der Waals surface area contributed by atoms with E-state index in [0.717, 1.165) is 5.69 Å². The lowest BCUT2D eigenvalue weighted by molar-refractivity contribution is 0.0691. The summed E-state index contributed by atoms with van der Waals surface area (Å²) in [4.78, 5) is 24.1. The molecule has 9 nitrogen and oxygen atoms in total. The molecule has 0 saturated heterocycles. The minimum Gasteiger partial charge on any atom is -0.481 e. The van der Waals surface area contributed by atoms with E-state index >= 15 is 0 Å². The van der Waals surface area contributed by atoms with Gasteiger partial charge in [0.05, 0.1) is 26.5 Å². The fraction of sp³-hybridized carbons (Fsp3) is 0.158. The molecule has 144 valence electrons. The van der Waals surface area contributed by atoms with Crippen molar-refractivity contribution in [3.63, 3.8) is 0 Å². The maximum Gasteiger partial charge on any atom is 0.343 e. The summed E-state index contributed by atoms with van der Waals surface area (Å²) in [6.45, 7) is 1.84. The van der Waals surface area contributed by atoms with Crippen LogP contribution in [-0.4, -0.2) is 40.2 Å². The molecule has 0 aliphatic carbocycles. The largest absolute Gasteiger partial charge is 0.481 e. The summed E-state index contributed by atoms with van der Waals surface area (Å²) in [5, 5.41) is 9.68. The Balaban J connectivity index is 1.97. The molecule has 28 heavy (non-hydrogen) atoms. The zero-order valence-electron chi connectivity index (χ0n) is 15.4. The first-order valence-electron chi connectivity index (χ1n) is 8.12. The number of methoxy groups -OCH3 is 2. The number of aromatic nitrogens is 3. The molecule has 0 unspecified atom stereocenters. The molecular formula is C19H17N3O6. The summed E-state index contributed by atoms with van der Waals surface area (Å²) in [6.07, 6.45) is 1.50. The van der Waals surface area contributed by atoms with E-state index in [2.05, 4.69) is 15.0 Å². The minimum absolute atomic E-state index is 0.000349. The van der Waals surface area contributed by atoms with Crippen molar-refractivity contribution >= 4 is 5.97 Å². The van der Waals surface area contributed by atoms with E-state index in [4.69, 9.17) is 18.9 Å². The van der Waals surface area contributed by atoms with Crippen LogP contribution in [-0.2, 0) is 0 Å². The molecule has 0 spiro atoms. The van der Waals surface area contributed by atoms with Gasteiger partial charge in [-0.3, -0.25) is 4.98 Å². The Hall–Kier alpha value is -3.88. The number of rotatable bonds is 7. The quantitative estimate of drug-likeness (QED) is 0.655. The highest BCUT2D eigenvalue weighted by Crippen LogP contribution is 2.34. The number of carbonyl (C=O) groups is 1. The van der Waals surface area contributed by atoms with Gasteiger partial charge in [0.25, 0.3) is 0 Å². The van der Waals surface area contributed by atoms with Gasteiger partial charge in [0.2, 0.25) is 11.8 Å². The molecule has 1 aromatic carbocycles. The third kappa shape index (κ3) is 4.26. The summed E-state index contributed by atoms with van der Waals surface area (Å²) in [7, 11) is 2.86. The van der Waals surface area contributed by atoms with Gasteiger partial charge in [-0.1, -0.05) is 6.07 Å². The molecule has 2 aromatic heterocycles. The molecule has 3 rings (SSSR count). The zero-order valence-corrected chi connectivity index (χ0v) is 15.4. The topological polar surface area (TPSA) is 113 Å². The van der Waals surface area contributed by atoms with Crippen molar-refractivity contribution in [1.82, 2.24) is 15.0 Å². The van der Waals surface area contributed by atoms with Gasteiger partial charge in [-0.15, -0.1) is 0 Å². The predicted molar refractivity (Wildman–Crippen MR) is 97.7 cm³/mol. The van der Waals surface area contributed by atoms with Crippen LogP contribution in [0.3, 0.4) is 0 Å². The zero-order chi connectivity index (χ0) is 20.1. The Morgan fingerprint density at radius 3 is 2.14 bits per heavy atom. The smallest absolute Gasteiger partial charge is 0.343 e. The second kappa shape index (κ2) is 8.21. The van der Waals surface area contributed by atoms with E-state index in [1.807, 2.05) is 6.92 Å². The Kier molecular flexibility index (Phi) is 5.54. The average Bonchev–Trinajstić information content (AvgIpc) is 2.69. The maximum atomic E-state index is 11.9. The first-order valence-corrected chi connectivity index (χ1v) is 8.12. The third-order valence-corrected chi connectivity index (χ3v) is 3.59. The number of aryl methyl sites for hydroxylation is 1. The highest BCUT2D eigenvalue weighted by molar-refractivity contribution is 5.94. The van der Waals surface area contributed by atoms with E-state index < -0.39 is 5.97 Å². The fourth-order valence-electron chi connectivity index (χ4n) is 2.27. The van der Waals surface area contributed by atoms with Crippen LogP contribution in [0, 0.1) is 6.92 Å². The second-order valence-corrected chi connectivity index (χ2v) is 5.51. The van der Waals surface area contributed by atoms with E-state index in [9.17, 15) is 9.90 Å². The Morgan fingerprint density at radius 2 is 1.61 bits per heavy atom. The van der Waals surface area contributed by atoms with Crippen molar-refractivity contribution in [2.45, 2.75) is 6.92 Å². The predicted octanol–water partition coefficient (Wildman–Crippen LogP) is 3.48. The Labute approximate surface area is 160 Å². The fourth-order valence-corrected chi connectivity index (χ4v) is 2.27. The molecule has 9 heteroatoms. The van der Waals surface area contributed by atoms with Crippen LogP contribution < -0.4 is 18.9 Å². The molecule has 0 amide bonds. The Bertz CT molecular complexity index is 969. The van der Waals surface area contributed by atoms with Crippen molar-refractivity contribution in [2.75, 3.05) is 14.2 Å². The summed E-state index contributed by atoms with van der Waals surface area (Å²) in [5.74, 6) is -0.343. The van der Waals surface area contributed by atoms with Crippen molar-refractivity contribution in [2.24, 2.45) is 0 Å². The highest BCUT2D eigenvalue weighted by Gasteiger charge is 2.21. The van der Waals surface area contributed by atoms with Crippen LogP contribution in [0.15, 0.2) is 42.6 Å². The maximum absolute atomic E-state index is 11.9. The molecule has 0 aliphatic heterocycles. The molecule has 0 aliphatic rings. The Morgan fingerprint density at radius 1 is 0.964 bits per heavy atom.